The molecule has 0 saturated heterocycles. The van der Waals surface area contributed by atoms with Crippen LogP contribution in [0, 0.1) is 0 Å². The predicted molar refractivity (Wildman–Crippen MR) is 71.1 cm³/mol. The van der Waals surface area contributed by atoms with Gasteiger partial charge in [0.15, 0.2) is 0 Å². The van der Waals surface area contributed by atoms with E-state index in [0.717, 1.165) is 17.5 Å². The first-order valence-corrected chi connectivity index (χ1v) is 7.31. The van der Waals surface area contributed by atoms with Crippen LogP contribution in [0.15, 0.2) is 5.16 Å². The van der Waals surface area contributed by atoms with E-state index in [4.69, 9.17) is 0 Å². The Labute approximate surface area is 108 Å². The minimum Gasteiger partial charge on any atom is -0.314 e. The van der Waals surface area contributed by atoms with E-state index in [-0.39, 0.29) is 0 Å². The van der Waals surface area contributed by atoms with E-state index in [1.807, 2.05) is 7.05 Å². The highest BCUT2D eigenvalue weighted by molar-refractivity contribution is 7.99. The van der Waals surface area contributed by atoms with Gasteiger partial charge in [0.2, 0.25) is 5.16 Å². The van der Waals surface area contributed by atoms with E-state index in [9.17, 15) is 0 Å². The number of hydrogen-bond donors (Lipinski definition) is 1. The number of tetrazole rings is 1. The standard InChI is InChI=1S/C11H23N5S/c1-4-8-12-10(2)7-5-6-9-17-11-13-14-15-16(11)3/h10,12H,4-9H2,1-3H3. The van der Waals surface area contributed by atoms with Crippen LogP contribution in [0.3, 0.4) is 0 Å². The molecule has 1 atom stereocenters. The van der Waals surface area contributed by atoms with Crippen LogP contribution in [-0.4, -0.2) is 38.5 Å². The lowest BCUT2D eigenvalue weighted by atomic mass is 10.1. The van der Waals surface area contributed by atoms with Crippen LogP contribution in [0.1, 0.15) is 39.5 Å². The maximum absolute atomic E-state index is 3.94. The van der Waals surface area contributed by atoms with Gasteiger partial charge >= 0.3 is 0 Å². The van der Waals surface area contributed by atoms with E-state index in [0.29, 0.717) is 6.04 Å². The molecule has 0 fully saturated rings. The highest BCUT2D eigenvalue weighted by atomic mass is 32.2. The molecule has 98 valence electrons. The molecule has 0 aliphatic rings. The molecule has 1 N–H and O–H groups in total. The first kappa shape index (κ1) is 14.4. The van der Waals surface area contributed by atoms with Crippen molar-refractivity contribution in [2.45, 2.75) is 50.7 Å². The lowest BCUT2D eigenvalue weighted by Crippen LogP contribution is -2.26. The van der Waals surface area contributed by atoms with E-state index < -0.39 is 0 Å². The van der Waals surface area contributed by atoms with Crippen molar-refractivity contribution in [3.63, 3.8) is 0 Å². The van der Waals surface area contributed by atoms with Gasteiger partial charge in [0.05, 0.1) is 0 Å². The summed E-state index contributed by atoms with van der Waals surface area (Å²) in [7, 11) is 1.87. The van der Waals surface area contributed by atoms with Crippen LogP contribution in [0.5, 0.6) is 0 Å². The van der Waals surface area contributed by atoms with Crippen LogP contribution < -0.4 is 5.32 Å². The fraction of sp³-hybridized carbons (Fsp3) is 0.909. The average molecular weight is 257 g/mol. The quantitative estimate of drug-likeness (QED) is 0.540. The highest BCUT2D eigenvalue weighted by Crippen LogP contribution is 2.15. The van der Waals surface area contributed by atoms with Crippen molar-refractivity contribution in [3.05, 3.63) is 0 Å². The van der Waals surface area contributed by atoms with Crippen molar-refractivity contribution in [2.24, 2.45) is 7.05 Å². The fourth-order valence-corrected chi connectivity index (χ4v) is 2.40. The summed E-state index contributed by atoms with van der Waals surface area (Å²) in [5.74, 6) is 1.09. The molecule has 1 unspecified atom stereocenters. The van der Waals surface area contributed by atoms with Gasteiger partial charge in [0.25, 0.3) is 0 Å². The van der Waals surface area contributed by atoms with Gasteiger partial charge in [0.1, 0.15) is 0 Å². The first-order valence-electron chi connectivity index (χ1n) is 6.32. The Balaban J connectivity index is 1.99. The molecular weight excluding hydrogens is 234 g/mol. The Morgan fingerprint density at radius 1 is 1.41 bits per heavy atom. The van der Waals surface area contributed by atoms with Crippen molar-refractivity contribution >= 4 is 11.8 Å². The SMILES string of the molecule is CCCNC(C)CCCCSc1nnnn1C. The zero-order valence-corrected chi connectivity index (χ0v) is 11.8. The highest BCUT2D eigenvalue weighted by Gasteiger charge is 2.03. The van der Waals surface area contributed by atoms with E-state index in [2.05, 4.69) is 34.7 Å². The molecule has 6 heteroatoms. The van der Waals surface area contributed by atoms with Gasteiger partial charge in [-0.1, -0.05) is 25.1 Å². The molecule has 0 aliphatic heterocycles. The van der Waals surface area contributed by atoms with Gasteiger partial charge in [0, 0.05) is 18.8 Å². The summed E-state index contributed by atoms with van der Waals surface area (Å²) in [4.78, 5) is 0. The third kappa shape index (κ3) is 6.02. The summed E-state index contributed by atoms with van der Waals surface area (Å²) >= 11 is 1.73. The van der Waals surface area contributed by atoms with Gasteiger partial charge < -0.3 is 5.32 Å². The molecule has 0 spiro atoms. The summed E-state index contributed by atoms with van der Waals surface area (Å²) < 4.78 is 1.72. The van der Waals surface area contributed by atoms with Crippen LogP contribution in [0.25, 0.3) is 0 Å². The fourth-order valence-electron chi connectivity index (χ4n) is 1.55. The maximum atomic E-state index is 3.94. The van der Waals surface area contributed by atoms with Crippen LogP contribution >= 0.6 is 11.8 Å². The molecule has 1 heterocycles. The minimum absolute atomic E-state index is 0.636. The number of thioether (sulfide) groups is 1. The minimum atomic E-state index is 0.636. The van der Waals surface area contributed by atoms with Crippen molar-refractivity contribution in [2.75, 3.05) is 12.3 Å². The second-order valence-corrected chi connectivity index (χ2v) is 5.35. The van der Waals surface area contributed by atoms with E-state index >= 15 is 0 Å². The third-order valence-corrected chi connectivity index (χ3v) is 3.68. The second kappa shape index (κ2) is 8.47. The van der Waals surface area contributed by atoms with E-state index in [1.54, 1.807) is 16.4 Å². The molecule has 0 aliphatic carbocycles. The number of unbranched alkanes of at least 4 members (excludes halogenated alkanes) is 1. The largest absolute Gasteiger partial charge is 0.314 e. The maximum Gasteiger partial charge on any atom is 0.209 e. The molecule has 0 bridgehead atoms. The molecule has 0 aromatic carbocycles. The topological polar surface area (TPSA) is 55.6 Å². The van der Waals surface area contributed by atoms with Gasteiger partial charge in [-0.25, -0.2) is 4.68 Å². The van der Waals surface area contributed by atoms with Crippen LogP contribution in [0.2, 0.25) is 0 Å². The zero-order chi connectivity index (χ0) is 12.5. The van der Waals surface area contributed by atoms with Crippen molar-refractivity contribution in [1.82, 2.24) is 25.5 Å². The van der Waals surface area contributed by atoms with Gasteiger partial charge in [-0.15, -0.1) is 5.10 Å². The molecule has 1 aromatic rings. The number of nitrogens with zero attached hydrogens (tertiary/aromatic N) is 4. The number of nitrogens with one attached hydrogen (secondary N) is 1. The second-order valence-electron chi connectivity index (χ2n) is 4.28. The molecule has 5 nitrogen and oxygen atoms in total. The molecule has 0 saturated carbocycles. The molecule has 0 radical (unpaired) electrons. The van der Waals surface area contributed by atoms with Gasteiger partial charge in [-0.3, -0.25) is 0 Å². The third-order valence-electron chi connectivity index (χ3n) is 2.59. The van der Waals surface area contributed by atoms with Gasteiger partial charge in [-0.2, -0.15) is 0 Å². The summed E-state index contributed by atoms with van der Waals surface area (Å²) in [6, 6.07) is 0.636. The van der Waals surface area contributed by atoms with Crippen molar-refractivity contribution < 1.29 is 0 Å². The lowest BCUT2D eigenvalue weighted by Gasteiger charge is -2.12. The van der Waals surface area contributed by atoms with Gasteiger partial charge in [-0.05, 0) is 43.2 Å². The van der Waals surface area contributed by atoms with Crippen molar-refractivity contribution in [3.8, 4) is 0 Å². The Kier molecular flexibility index (Phi) is 7.19. The molecule has 17 heavy (non-hydrogen) atoms. The summed E-state index contributed by atoms with van der Waals surface area (Å²) in [5, 5.41) is 15.8. The van der Waals surface area contributed by atoms with Crippen LogP contribution in [-0.2, 0) is 7.05 Å². The number of aromatic nitrogens is 4. The lowest BCUT2D eigenvalue weighted by molar-refractivity contribution is 0.496. The monoisotopic (exact) mass is 257 g/mol. The smallest absolute Gasteiger partial charge is 0.209 e. The molecule has 1 rings (SSSR count). The summed E-state index contributed by atoms with van der Waals surface area (Å²) in [6.45, 7) is 5.58. The normalized spacial score (nSPS) is 12.9. The van der Waals surface area contributed by atoms with E-state index in [1.165, 1.54) is 25.7 Å². The molecule has 0 amide bonds. The number of hydrogen-bond acceptors (Lipinski definition) is 5. The molecule has 1 aromatic heterocycles. The molecular formula is C11H23N5S. The van der Waals surface area contributed by atoms with Crippen molar-refractivity contribution in [1.29, 1.82) is 0 Å². The summed E-state index contributed by atoms with van der Waals surface area (Å²) in [6.07, 6.45) is 4.93. The summed E-state index contributed by atoms with van der Waals surface area (Å²) in [5.41, 5.74) is 0. The Morgan fingerprint density at radius 2 is 2.24 bits per heavy atom. The zero-order valence-electron chi connectivity index (χ0n) is 11.0. The number of aryl methyl sites for hydroxylation is 1. The number of rotatable bonds is 9. The average Bonchev–Trinajstić information content (AvgIpc) is 2.72. The Hall–Kier alpha value is -0.620. The first-order chi connectivity index (χ1) is 8.24. The Morgan fingerprint density at radius 3 is 2.88 bits per heavy atom. The Bertz CT molecular complexity index is 302. The van der Waals surface area contributed by atoms with Crippen LogP contribution in [0.4, 0.5) is 0 Å². The predicted octanol–water partition coefficient (Wildman–Crippen LogP) is 1.86.